The van der Waals surface area contributed by atoms with Crippen molar-refractivity contribution in [2.24, 2.45) is 5.10 Å². The minimum Gasteiger partial charge on any atom is -0.341 e. The normalized spacial score (nSPS) is 12.0. The molecule has 0 radical (unpaired) electrons. The Hall–Kier alpha value is -3.38. The molecule has 0 saturated heterocycles. The first kappa shape index (κ1) is 21.3. The number of hydrogen-bond donors (Lipinski definition) is 2. The maximum Gasteiger partial charge on any atom is 0.329 e. The fraction of sp³-hybridized carbons (Fsp3) is 0.174. The van der Waals surface area contributed by atoms with Gasteiger partial charge in [-0.1, -0.05) is 41.9 Å². The third-order valence-corrected chi connectivity index (χ3v) is 5.03. The topological polar surface area (TPSA) is 75.5 Å². The number of hydrogen-bond acceptors (Lipinski definition) is 3. The third kappa shape index (κ3) is 4.96. The summed E-state index contributed by atoms with van der Waals surface area (Å²) in [7, 11) is 0. The molecule has 2 N–H and O–H groups in total. The number of benzene rings is 2. The number of carbonyl (C=O) groups is 2. The van der Waals surface area contributed by atoms with Crippen molar-refractivity contribution < 1.29 is 9.59 Å². The van der Waals surface area contributed by atoms with Gasteiger partial charge in [0.05, 0.1) is 12.3 Å². The molecule has 0 bridgehead atoms. The van der Waals surface area contributed by atoms with Gasteiger partial charge in [0.25, 0.3) is 0 Å². The Balaban J connectivity index is 1.63. The third-order valence-electron chi connectivity index (χ3n) is 4.78. The van der Waals surface area contributed by atoms with Crippen LogP contribution in [-0.2, 0) is 9.59 Å². The number of halogens is 1. The van der Waals surface area contributed by atoms with E-state index in [1.807, 2.05) is 81.4 Å². The number of nitrogens with zero attached hydrogens (tertiary/aromatic N) is 2. The van der Waals surface area contributed by atoms with Gasteiger partial charge in [0.2, 0.25) is 0 Å². The lowest BCUT2D eigenvalue weighted by Crippen LogP contribution is -2.39. The van der Waals surface area contributed by atoms with E-state index in [1.54, 1.807) is 0 Å². The maximum absolute atomic E-state index is 12.1. The Morgan fingerprint density at radius 1 is 1.03 bits per heavy atom. The average molecular weight is 423 g/mol. The molecule has 154 valence electrons. The summed E-state index contributed by atoms with van der Waals surface area (Å²) in [5, 5.41) is 7.27. The van der Waals surface area contributed by atoms with Crippen LogP contribution in [0.1, 0.15) is 35.5 Å². The van der Waals surface area contributed by atoms with Gasteiger partial charge in [-0.15, -0.1) is 0 Å². The van der Waals surface area contributed by atoms with Crippen molar-refractivity contribution in [2.45, 2.75) is 26.8 Å². The van der Waals surface area contributed by atoms with Crippen molar-refractivity contribution in [3.8, 4) is 5.69 Å². The highest BCUT2D eigenvalue weighted by molar-refractivity contribution is 6.35. The monoisotopic (exact) mass is 422 g/mol. The molecule has 0 aliphatic rings. The van der Waals surface area contributed by atoms with Crippen molar-refractivity contribution in [2.75, 3.05) is 0 Å². The number of hydrazone groups is 1. The van der Waals surface area contributed by atoms with E-state index in [-0.39, 0.29) is 6.04 Å². The van der Waals surface area contributed by atoms with Crippen LogP contribution >= 0.6 is 11.6 Å². The first-order valence-electron chi connectivity index (χ1n) is 9.50. The van der Waals surface area contributed by atoms with Crippen molar-refractivity contribution in [3.63, 3.8) is 0 Å². The lowest BCUT2D eigenvalue weighted by molar-refractivity contribution is -0.139. The van der Waals surface area contributed by atoms with Gasteiger partial charge in [0.1, 0.15) is 0 Å². The molecule has 0 aliphatic carbocycles. The van der Waals surface area contributed by atoms with Crippen LogP contribution in [0.5, 0.6) is 0 Å². The molecule has 3 rings (SSSR count). The molecule has 0 spiro atoms. The van der Waals surface area contributed by atoms with Crippen LogP contribution in [0.4, 0.5) is 0 Å². The van der Waals surface area contributed by atoms with E-state index >= 15 is 0 Å². The van der Waals surface area contributed by atoms with Gasteiger partial charge in [-0.2, -0.15) is 5.10 Å². The van der Waals surface area contributed by atoms with E-state index in [0.29, 0.717) is 5.02 Å². The molecule has 6 nitrogen and oxygen atoms in total. The van der Waals surface area contributed by atoms with Gasteiger partial charge < -0.3 is 9.88 Å². The minimum atomic E-state index is -0.819. The van der Waals surface area contributed by atoms with Crippen molar-refractivity contribution >= 4 is 29.6 Å². The number of carbonyl (C=O) groups excluding carboxylic acids is 2. The molecule has 2 amide bonds. The van der Waals surface area contributed by atoms with Crippen LogP contribution in [0.15, 0.2) is 65.8 Å². The van der Waals surface area contributed by atoms with Crippen LogP contribution in [0.2, 0.25) is 5.02 Å². The summed E-state index contributed by atoms with van der Waals surface area (Å²) in [6.07, 6.45) is 1.53. The molecular weight excluding hydrogens is 400 g/mol. The molecule has 1 atom stereocenters. The lowest BCUT2D eigenvalue weighted by atomic mass is 10.1. The van der Waals surface area contributed by atoms with E-state index in [0.717, 1.165) is 28.2 Å². The van der Waals surface area contributed by atoms with E-state index in [2.05, 4.69) is 20.4 Å². The number of rotatable bonds is 5. The quantitative estimate of drug-likeness (QED) is 0.369. The summed E-state index contributed by atoms with van der Waals surface area (Å²) < 4.78 is 2.06. The maximum atomic E-state index is 12.1. The highest BCUT2D eigenvalue weighted by atomic mass is 35.5. The molecule has 1 heterocycles. The van der Waals surface area contributed by atoms with Crippen LogP contribution in [0.3, 0.4) is 0 Å². The SMILES string of the molecule is Cc1cc(/C=N\NC(=O)C(=O)N[C@H](C)c2ccccc2)c(C)n1-c1ccc(Cl)cc1. The van der Waals surface area contributed by atoms with Crippen LogP contribution in [-0.4, -0.2) is 22.6 Å². The second-order valence-corrected chi connectivity index (χ2v) is 7.38. The summed E-state index contributed by atoms with van der Waals surface area (Å²) in [6, 6.07) is 18.6. The average Bonchev–Trinajstić information content (AvgIpc) is 3.02. The second kappa shape index (κ2) is 9.41. The van der Waals surface area contributed by atoms with Crippen molar-refractivity contribution in [1.29, 1.82) is 0 Å². The molecule has 0 unspecified atom stereocenters. The van der Waals surface area contributed by atoms with Gasteiger partial charge >= 0.3 is 11.8 Å². The molecule has 7 heteroatoms. The summed E-state index contributed by atoms with van der Waals surface area (Å²) in [5.74, 6) is -1.56. The highest BCUT2D eigenvalue weighted by Crippen LogP contribution is 2.21. The molecule has 0 aliphatic heterocycles. The summed E-state index contributed by atoms with van der Waals surface area (Å²) in [4.78, 5) is 24.2. The predicted molar refractivity (Wildman–Crippen MR) is 119 cm³/mol. The Morgan fingerprint density at radius 3 is 2.37 bits per heavy atom. The molecule has 3 aromatic rings. The summed E-state index contributed by atoms with van der Waals surface area (Å²) in [6.45, 7) is 5.75. The minimum absolute atomic E-state index is 0.285. The van der Waals surface area contributed by atoms with E-state index < -0.39 is 11.8 Å². The molecule has 2 aromatic carbocycles. The predicted octanol–water partition coefficient (Wildman–Crippen LogP) is 4.08. The number of aryl methyl sites for hydroxylation is 1. The lowest BCUT2D eigenvalue weighted by Gasteiger charge is -2.13. The molecule has 0 fully saturated rings. The number of aromatic nitrogens is 1. The molecular formula is C23H23ClN4O2. The molecule has 1 aromatic heterocycles. The van der Waals surface area contributed by atoms with Gasteiger partial charge in [-0.05, 0) is 56.7 Å². The van der Waals surface area contributed by atoms with Gasteiger partial charge in [-0.25, -0.2) is 5.43 Å². The van der Waals surface area contributed by atoms with E-state index in [4.69, 9.17) is 11.6 Å². The summed E-state index contributed by atoms with van der Waals surface area (Å²) in [5.41, 5.74) is 6.97. The fourth-order valence-electron chi connectivity index (χ4n) is 3.20. The van der Waals surface area contributed by atoms with Gasteiger partial charge in [-0.3, -0.25) is 9.59 Å². The zero-order valence-corrected chi connectivity index (χ0v) is 17.8. The Bertz CT molecular complexity index is 1070. The van der Waals surface area contributed by atoms with Crippen LogP contribution < -0.4 is 10.7 Å². The van der Waals surface area contributed by atoms with Crippen LogP contribution in [0, 0.1) is 13.8 Å². The Morgan fingerprint density at radius 2 is 1.70 bits per heavy atom. The second-order valence-electron chi connectivity index (χ2n) is 6.94. The number of nitrogens with one attached hydrogen (secondary N) is 2. The van der Waals surface area contributed by atoms with E-state index in [9.17, 15) is 9.59 Å². The highest BCUT2D eigenvalue weighted by Gasteiger charge is 2.16. The number of amides is 2. The smallest absolute Gasteiger partial charge is 0.329 e. The Labute approximate surface area is 180 Å². The molecule has 30 heavy (non-hydrogen) atoms. The summed E-state index contributed by atoms with van der Waals surface area (Å²) >= 11 is 5.97. The van der Waals surface area contributed by atoms with Crippen LogP contribution in [0.25, 0.3) is 5.69 Å². The first-order valence-corrected chi connectivity index (χ1v) is 9.88. The largest absolute Gasteiger partial charge is 0.341 e. The standard InChI is InChI=1S/C23H23ClN4O2/c1-15-13-19(17(3)28(15)21-11-9-20(24)10-12-21)14-25-27-23(30)22(29)26-16(2)18-7-5-4-6-8-18/h4-14,16H,1-3H3,(H,26,29)(H,27,30)/b25-14-/t16-/m1/s1. The fourth-order valence-corrected chi connectivity index (χ4v) is 3.33. The van der Waals surface area contributed by atoms with Crippen molar-refractivity contribution in [1.82, 2.24) is 15.3 Å². The Kier molecular flexibility index (Phi) is 6.69. The van der Waals surface area contributed by atoms with Gasteiger partial charge in [0, 0.05) is 27.7 Å². The zero-order chi connectivity index (χ0) is 21.7. The van der Waals surface area contributed by atoms with Gasteiger partial charge in [0.15, 0.2) is 0 Å². The van der Waals surface area contributed by atoms with Crippen molar-refractivity contribution in [3.05, 3.63) is 88.2 Å². The van der Waals surface area contributed by atoms with E-state index in [1.165, 1.54) is 6.21 Å². The first-order chi connectivity index (χ1) is 14.4. The molecule has 0 saturated carbocycles. The zero-order valence-electron chi connectivity index (χ0n) is 17.0.